The average Bonchev–Trinajstić information content (AvgIpc) is 3.46. The zero-order valence-corrected chi connectivity index (χ0v) is 19.4. The highest BCUT2D eigenvalue weighted by molar-refractivity contribution is 6.46. The number of carbonyl (C=O) groups is 2. The van der Waals surface area contributed by atoms with E-state index in [0.29, 0.717) is 29.4 Å². The number of rotatable bonds is 8. The van der Waals surface area contributed by atoms with Gasteiger partial charge in [0.05, 0.1) is 25.6 Å². The predicted octanol–water partition coefficient (Wildman–Crippen LogP) is 5.01. The van der Waals surface area contributed by atoms with Crippen LogP contribution in [0.2, 0.25) is 0 Å². The molecule has 1 aliphatic rings. The molecule has 176 valence electrons. The van der Waals surface area contributed by atoms with Gasteiger partial charge in [-0.2, -0.15) is 0 Å². The Kier molecular flexibility index (Phi) is 6.72. The summed E-state index contributed by atoms with van der Waals surface area (Å²) in [5.74, 6) is 0.0989. The first kappa shape index (κ1) is 23.2. The maximum absolute atomic E-state index is 13.1. The van der Waals surface area contributed by atoms with Gasteiger partial charge in [-0.05, 0) is 66.9 Å². The maximum Gasteiger partial charge on any atom is 0.296 e. The van der Waals surface area contributed by atoms with Crippen molar-refractivity contribution >= 4 is 17.4 Å². The fraction of sp³-hybridized carbons (Fsp3) is 0.259. The molecule has 1 fully saturated rings. The van der Waals surface area contributed by atoms with E-state index in [1.807, 2.05) is 26.0 Å². The molecule has 0 spiro atoms. The van der Waals surface area contributed by atoms with Crippen LogP contribution in [0.3, 0.4) is 0 Å². The van der Waals surface area contributed by atoms with Crippen molar-refractivity contribution < 1.29 is 28.6 Å². The molecular formula is C27H27NO6. The van der Waals surface area contributed by atoms with Crippen LogP contribution in [0.15, 0.2) is 70.9 Å². The van der Waals surface area contributed by atoms with Crippen LogP contribution in [0.25, 0.3) is 5.76 Å². The molecule has 1 N–H and O–H groups in total. The monoisotopic (exact) mass is 461 g/mol. The lowest BCUT2D eigenvalue weighted by atomic mass is 9.98. The summed E-state index contributed by atoms with van der Waals surface area (Å²) in [4.78, 5) is 27.6. The molecule has 7 heteroatoms. The summed E-state index contributed by atoms with van der Waals surface area (Å²) in [7, 11) is 1.58. The van der Waals surface area contributed by atoms with Crippen LogP contribution in [-0.2, 0) is 16.1 Å². The zero-order chi connectivity index (χ0) is 24.2. The number of hydrogen-bond acceptors (Lipinski definition) is 6. The number of Topliss-reactive ketones (excluding diaryl/α,β-unsaturated/α-hetero) is 1. The van der Waals surface area contributed by atoms with Crippen LogP contribution < -0.4 is 9.47 Å². The largest absolute Gasteiger partial charge is 0.507 e. The van der Waals surface area contributed by atoms with Crippen LogP contribution in [0.4, 0.5) is 0 Å². The van der Waals surface area contributed by atoms with Crippen molar-refractivity contribution in [3.63, 3.8) is 0 Å². The van der Waals surface area contributed by atoms with Crippen molar-refractivity contribution in [3.05, 3.63) is 88.9 Å². The first-order valence-corrected chi connectivity index (χ1v) is 11.1. The molecule has 1 atom stereocenters. The fourth-order valence-electron chi connectivity index (χ4n) is 4.04. The number of amides is 1. The van der Waals surface area contributed by atoms with Gasteiger partial charge < -0.3 is 23.9 Å². The Hall–Kier alpha value is -4.00. The summed E-state index contributed by atoms with van der Waals surface area (Å²) >= 11 is 0. The minimum atomic E-state index is -0.853. The highest BCUT2D eigenvalue weighted by Gasteiger charge is 2.47. The average molecular weight is 462 g/mol. The summed E-state index contributed by atoms with van der Waals surface area (Å²) in [5.41, 5.74) is 2.06. The number of ketones is 1. The van der Waals surface area contributed by atoms with Crippen LogP contribution in [0.1, 0.15) is 41.8 Å². The van der Waals surface area contributed by atoms with Crippen molar-refractivity contribution in [2.24, 2.45) is 0 Å². The van der Waals surface area contributed by atoms with Crippen molar-refractivity contribution in [1.82, 2.24) is 4.90 Å². The second-order valence-electron chi connectivity index (χ2n) is 8.12. The molecular weight excluding hydrogens is 434 g/mol. The molecule has 0 saturated carbocycles. The van der Waals surface area contributed by atoms with E-state index in [0.717, 1.165) is 17.5 Å². The summed E-state index contributed by atoms with van der Waals surface area (Å²) in [6.07, 6.45) is 2.36. The van der Waals surface area contributed by atoms with Gasteiger partial charge in [-0.25, -0.2) is 0 Å². The lowest BCUT2D eigenvalue weighted by molar-refractivity contribution is -0.140. The molecule has 0 radical (unpaired) electrons. The molecule has 4 rings (SSSR count). The molecule has 1 aromatic heterocycles. The highest BCUT2D eigenvalue weighted by atomic mass is 16.5. The standard InChI is InChI=1S/C27H27NO6/c1-4-13-33-21-12-9-19(15-17(21)2)25(29)23-24(22-6-5-14-34-22)28(27(31)26(23)30)16-18-7-10-20(32-3)11-8-18/h5-12,14-15,24,29H,4,13,16H2,1-3H3/b25-23-. The van der Waals surface area contributed by atoms with Gasteiger partial charge in [0.2, 0.25) is 0 Å². The number of furan rings is 1. The van der Waals surface area contributed by atoms with Crippen molar-refractivity contribution in [1.29, 1.82) is 0 Å². The number of aliphatic hydroxyl groups excluding tert-OH is 1. The number of nitrogens with zero attached hydrogens (tertiary/aromatic N) is 1. The number of benzene rings is 2. The van der Waals surface area contributed by atoms with Crippen LogP contribution in [0.5, 0.6) is 11.5 Å². The SMILES string of the molecule is CCCOc1ccc(/C(O)=C2/C(=O)C(=O)N(Cc3ccc(OC)cc3)C2c2ccco2)cc1C. The summed E-state index contributed by atoms with van der Waals surface area (Å²) in [5, 5.41) is 11.2. The lowest BCUT2D eigenvalue weighted by Gasteiger charge is -2.23. The molecule has 34 heavy (non-hydrogen) atoms. The van der Waals surface area contributed by atoms with E-state index in [1.165, 1.54) is 11.2 Å². The van der Waals surface area contributed by atoms with Crippen molar-refractivity contribution in [2.75, 3.05) is 13.7 Å². The normalized spacial score (nSPS) is 17.3. The third-order valence-electron chi connectivity index (χ3n) is 5.77. The number of hydrogen-bond donors (Lipinski definition) is 1. The third-order valence-corrected chi connectivity index (χ3v) is 5.77. The van der Waals surface area contributed by atoms with E-state index in [1.54, 1.807) is 49.6 Å². The van der Waals surface area contributed by atoms with E-state index >= 15 is 0 Å². The molecule has 2 aromatic carbocycles. The van der Waals surface area contributed by atoms with Gasteiger partial charge in [0.25, 0.3) is 11.7 Å². The molecule has 7 nitrogen and oxygen atoms in total. The quantitative estimate of drug-likeness (QED) is 0.288. The maximum atomic E-state index is 13.1. The minimum Gasteiger partial charge on any atom is -0.507 e. The van der Waals surface area contributed by atoms with Crippen LogP contribution in [0, 0.1) is 6.92 Å². The molecule has 0 aliphatic carbocycles. The Morgan fingerprint density at radius 1 is 1.12 bits per heavy atom. The summed E-state index contributed by atoms with van der Waals surface area (Å²) in [6, 6.07) is 15.0. The first-order valence-electron chi connectivity index (χ1n) is 11.1. The zero-order valence-electron chi connectivity index (χ0n) is 19.4. The van der Waals surface area contributed by atoms with Gasteiger partial charge in [0.15, 0.2) is 0 Å². The molecule has 1 saturated heterocycles. The number of ether oxygens (including phenoxy) is 2. The second kappa shape index (κ2) is 9.87. The van der Waals surface area contributed by atoms with E-state index < -0.39 is 17.7 Å². The minimum absolute atomic E-state index is 0.00455. The smallest absolute Gasteiger partial charge is 0.296 e. The molecule has 2 heterocycles. The number of aliphatic hydroxyl groups is 1. The van der Waals surface area contributed by atoms with Gasteiger partial charge in [-0.15, -0.1) is 0 Å². The van der Waals surface area contributed by atoms with E-state index in [-0.39, 0.29) is 17.9 Å². The van der Waals surface area contributed by atoms with E-state index in [2.05, 4.69) is 0 Å². The molecule has 1 unspecified atom stereocenters. The summed E-state index contributed by atoms with van der Waals surface area (Å²) in [6.45, 7) is 4.64. The second-order valence-corrected chi connectivity index (χ2v) is 8.12. The topological polar surface area (TPSA) is 89.2 Å². The molecule has 1 amide bonds. The number of aryl methyl sites for hydroxylation is 1. The van der Waals surface area contributed by atoms with Gasteiger partial charge in [0.1, 0.15) is 29.1 Å². The predicted molar refractivity (Wildman–Crippen MR) is 127 cm³/mol. The highest BCUT2D eigenvalue weighted by Crippen LogP contribution is 2.41. The molecule has 1 aliphatic heterocycles. The van der Waals surface area contributed by atoms with Gasteiger partial charge >= 0.3 is 0 Å². The third kappa shape index (κ3) is 4.41. The fourth-order valence-corrected chi connectivity index (χ4v) is 4.04. The van der Waals surface area contributed by atoms with Gasteiger partial charge in [0, 0.05) is 12.1 Å². The molecule has 3 aromatic rings. The Labute approximate surface area is 198 Å². The van der Waals surface area contributed by atoms with Gasteiger partial charge in [-0.1, -0.05) is 19.1 Å². The van der Waals surface area contributed by atoms with Crippen molar-refractivity contribution in [3.8, 4) is 11.5 Å². The Morgan fingerprint density at radius 2 is 1.88 bits per heavy atom. The molecule has 0 bridgehead atoms. The van der Waals surface area contributed by atoms with Gasteiger partial charge in [-0.3, -0.25) is 9.59 Å². The first-order chi connectivity index (χ1) is 16.4. The Bertz CT molecular complexity index is 1210. The number of likely N-dealkylation sites (tertiary alicyclic amines) is 1. The number of methoxy groups -OCH3 is 1. The van der Waals surface area contributed by atoms with E-state index in [4.69, 9.17) is 13.9 Å². The Morgan fingerprint density at radius 3 is 2.50 bits per heavy atom. The summed E-state index contributed by atoms with van der Waals surface area (Å²) < 4.78 is 16.5. The van der Waals surface area contributed by atoms with E-state index in [9.17, 15) is 14.7 Å². The number of carbonyl (C=O) groups excluding carboxylic acids is 2. The lowest BCUT2D eigenvalue weighted by Crippen LogP contribution is -2.29. The Balaban J connectivity index is 1.74. The van der Waals surface area contributed by atoms with Crippen molar-refractivity contribution in [2.45, 2.75) is 32.9 Å². The van der Waals surface area contributed by atoms with Crippen LogP contribution in [-0.4, -0.2) is 35.4 Å². The van der Waals surface area contributed by atoms with Crippen LogP contribution >= 0.6 is 0 Å².